The predicted octanol–water partition coefficient (Wildman–Crippen LogP) is 3.43. The van der Waals surface area contributed by atoms with Gasteiger partial charge in [-0.2, -0.15) is 15.6 Å². The molecule has 1 aliphatic rings. The molecular weight excluding hydrogens is 276 g/mol. The summed E-state index contributed by atoms with van der Waals surface area (Å²) in [4.78, 5) is 8.07. The van der Waals surface area contributed by atoms with Crippen LogP contribution in [0.1, 0.15) is 43.8 Å². The van der Waals surface area contributed by atoms with Crippen LogP contribution in [0.2, 0.25) is 0 Å². The molecule has 110 valence electrons. The highest BCUT2D eigenvalue weighted by Gasteiger charge is 2.18. The fraction of sp³-hybridized carbons (Fsp3) is 0.375. The number of hydrogen-bond donors (Lipinski definition) is 2. The summed E-state index contributed by atoms with van der Waals surface area (Å²) in [5, 5.41) is 21.1. The van der Waals surface area contributed by atoms with Gasteiger partial charge >= 0.3 is 0 Å². The third-order valence-electron chi connectivity index (χ3n) is 4.00. The average Bonchev–Trinajstić information content (AvgIpc) is 3.00. The molecule has 0 amide bonds. The molecule has 3 rings (SSSR count). The van der Waals surface area contributed by atoms with Gasteiger partial charge in [-0.15, -0.1) is 0 Å². The molecule has 0 bridgehead atoms. The molecule has 0 spiro atoms. The Morgan fingerprint density at radius 3 is 2.73 bits per heavy atom. The van der Waals surface area contributed by atoms with E-state index in [0.29, 0.717) is 11.6 Å². The van der Waals surface area contributed by atoms with Crippen LogP contribution in [0.15, 0.2) is 23.3 Å². The lowest BCUT2D eigenvalue weighted by Gasteiger charge is -2.18. The minimum atomic E-state index is -0.201. The van der Waals surface area contributed by atoms with Gasteiger partial charge in [-0.25, -0.2) is 4.98 Å². The maximum atomic E-state index is 8.66. The van der Waals surface area contributed by atoms with Crippen LogP contribution in [0.3, 0.4) is 0 Å². The van der Waals surface area contributed by atoms with Gasteiger partial charge in [-0.05, 0) is 31.0 Å². The number of benzene rings is 1. The molecule has 22 heavy (non-hydrogen) atoms. The fourth-order valence-electron chi connectivity index (χ4n) is 2.86. The van der Waals surface area contributed by atoms with Crippen LogP contribution in [-0.4, -0.2) is 15.7 Å². The number of hydrazone groups is 1. The summed E-state index contributed by atoms with van der Waals surface area (Å²) in [5.41, 5.74) is 5.11. The molecule has 0 saturated heterocycles. The van der Waals surface area contributed by atoms with E-state index in [1.54, 1.807) is 12.1 Å². The van der Waals surface area contributed by atoms with Crippen LogP contribution in [0, 0.1) is 22.7 Å². The van der Waals surface area contributed by atoms with Crippen LogP contribution in [0.4, 0.5) is 5.69 Å². The van der Waals surface area contributed by atoms with Crippen molar-refractivity contribution in [2.24, 2.45) is 5.10 Å². The van der Waals surface area contributed by atoms with Gasteiger partial charge in [0.2, 0.25) is 5.71 Å². The smallest absolute Gasteiger partial charge is 0.237 e. The van der Waals surface area contributed by atoms with Crippen molar-refractivity contribution in [3.63, 3.8) is 0 Å². The molecule has 0 atom stereocenters. The Morgan fingerprint density at radius 1 is 1.23 bits per heavy atom. The summed E-state index contributed by atoms with van der Waals surface area (Å²) < 4.78 is 0. The minimum Gasteiger partial charge on any atom is -0.342 e. The second-order valence-electron chi connectivity index (χ2n) is 5.48. The van der Waals surface area contributed by atoms with Crippen molar-refractivity contribution in [3.8, 4) is 12.1 Å². The number of nitriles is 2. The second kappa shape index (κ2) is 6.28. The maximum Gasteiger partial charge on any atom is 0.237 e. The van der Waals surface area contributed by atoms with Gasteiger partial charge in [0.05, 0.1) is 16.7 Å². The molecule has 6 nitrogen and oxygen atoms in total. The Bertz CT molecular complexity index is 767. The summed E-state index contributed by atoms with van der Waals surface area (Å²) in [6, 6.07) is 9.07. The van der Waals surface area contributed by atoms with Gasteiger partial charge in [-0.1, -0.05) is 19.3 Å². The number of nitrogens with zero attached hydrogens (tertiary/aromatic N) is 4. The lowest BCUT2D eigenvalue weighted by Crippen LogP contribution is -2.05. The van der Waals surface area contributed by atoms with E-state index in [4.69, 9.17) is 10.5 Å². The number of fused-ring (bicyclic) bond motifs is 1. The molecule has 2 aromatic rings. The number of imidazole rings is 1. The summed E-state index contributed by atoms with van der Waals surface area (Å²) in [6.07, 6.45) is 6.26. The van der Waals surface area contributed by atoms with E-state index in [9.17, 15) is 0 Å². The van der Waals surface area contributed by atoms with Gasteiger partial charge in [0, 0.05) is 5.92 Å². The number of anilines is 1. The van der Waals surface area contributed by atoms with E-state index in [1.807, 2.05) is 18.2 Å². The first-order valence-electron chi connectivity index (χ1n) is 7.43. The molecule has 0 aliphatic heterocycles. The minimum absolute atomic E-state index is 0.201. The monoisotopic (exact) mass is 292 g/mol. The van der Waals surface area contributed by atoms with E-state index < -0.39 is 0 Å². The SMILES string of the molecule is N#CC(C#N)=NNc1ccc2nc(C3CCCCC3)[nH]c2c1. The Labute approximate surface area is 128 Å². The quantitative estimate of drug-likeness (QED) is 0.668. The average molecular weight is 292 g/mol. The van der Waals surface area contributed by atoms with Gasteiger partial charge < -0.3 is 4.98 Å². The van der Waals surface area contributed by atoms with Crippen molar-refractivity contribution in [2.45, 2.75) is 38.0 Å². The molecule has 1 aliphatic carbocycles. The lowest BCUT2D eigenvalue weighted by molar-refractivity contribution is 0.431. The van der Waals surface area contributed by atoms with Crippen LogP contribution < -0.4 is 5.43 Å². The highest BCUT2D eigenvalue weighted by Crippen LogP contribution is 2.32. The zero-order chi connectivity index (χ0) is 15.4. The highest BCUT2D eigenvalue weighted by molar-refractivity contribution is 6.10. The van der Waals surface area contributed by atoms with Gasteiger partial charge in [0.15, 0.2) is 0 Å². The van der Waals surface area contributed by atoms with Crippen LogP contribution in [0.5, 0.6) is 0 Å². The normalized spacial score (nSPS) is 15.0. The first-order chi connectivity index (χ1) is 10.8. The molecule has 1 aromatic heterocycles. The molecular formula is C16H16N6. The van der Waals surface area contributed by atoms with E-state index in [2.05, 4.69) is 20.5 Å². The highest BCUT2D eigenvalue weighted by atomic mass is 15.3. The number of aromatic nitrogens is 2. The molecule has 1 fully saturated rings. The third-order valence-corrected chi connectivity index (χ3v) is 4.00. The fourth-order valence-corrected chi connectivity index (χ4v) is 2.86. The van der Waals surface area contributed by atoms with Crippen LogP contribution in [-0.2, 0) is 0 Å². The number of hydrogen-bond acceptors (Lipinski definition) is 5. The molecule has 1 aromatic carbocycles. The van der Waals surface area contributed by atoms with Crippen molar-refractivity contribution < 1.29 is 0 Å². The van der Waals surface area contributed by atoms with Crippen molar-refractivity contribution >= 4 is 22.4 Å². The number of nitrogens with one attached hydrogen (secondary N) is 2. The van der Waals surface area contributed by atoms with Crippen LogP contribution in [0.25, 0.3) is 11.0 Å². The Balaban J connectivity index is 1.83. The molecule has 2 N–H and O–H groups in total. The summed E-state index contributed by atoms with van der Waals surface area (Å²) in [6.45, 7) is 0. The van der Waals surface area contributed by atoms with Gasteiger partial charge in [0.25, 0.3) is 0 Å². The van der Waals surface area contributed by atoms with E-state index >= 15 is 0 Å². The molecule has 0 unspecified atom stereocenters. The second-order valence-corrected chi connectivity index (χ2v) is 5.48. The van der Waals surface area contributed by atoms with Crippen LogP contribution >= 0.6 is 0 Å². The zero-order valence-corrected chi connectivity index (χ0v) is 12.1. The Kier molecular flexibility index (Phi) is 4.02. The van der Waals surface area contributed by atoms with Crippen molar-refractivity contribution in [3.05, 3.63) is 24.0 Å². The molecule has 0 radical (unpaired) electrons. The summed E-state index contributed by atoms with van der Waals surface area (Å²) in [5.74, 6) is 1.59. The van der Waals surface area contributed by atoms with Gasteiger partial charge in [-0.3, -0.25) is 5.43 Å². The first kappa shape index (κ1) is 14.1. The number of rotatable bonds is 3. The van der Waals surface area contributed by atoms with E-state index in [0.717, 1.165) is 16.9 Å². The zero-order valence-electron chi connectivity index (χ0n) is 12.1. The first-order valence-corrected chi connectivity index (χ1v) is 7.43. The predicted molar refractivity (Wildman–Crippen MR) is 84.2 cm³/mol. The lowest BCUT2D eigenvalue weighted by atomic mass is 9.89. The largest absolute Gasteiger partial charge is 0.342 e. The van der Waals surface area contributed by atoms with Crippen molar-refractivity contribution in [2.75, 3.05) is 5.43 Å². The standard InChI is InChI=1S/C16H16N6/c17-9-13(10-18)22-21-12-6-7-14-15(8-12)20-16(19-14)11-4-2-1-3-5-11/h6-8,11,21H,1-5H2,(H,19,20). The maximum absolute atomic E-state index is 8.66. The number of aromatic amines is 1. The summed E-state index contributed by atoms with van der Waals surface area (Å²) in [7, 11) is 0. The van der Waals surface area contributed by atoms with Gasteiger partial charge in [0.1, 0.15) is 18.0 Å². The molecule has 6 heteroatoms. The summed E-state index contributed by atoms with van der Waals surface area (Å²) >= 11 is 0. The Hall–Kier alpha value is -2.86. The molecule has 1 heterocycles. The topological polar surface area (TPSA) is 101 Å². The number of H-pyrrole nitrogens is 1. The van der Waals surface area contributed by atoms with E-state index in [1.165, 1.54) is 32.1 Å². The van der Waals surface area contributed by atoms with Crippen molar-refractivity contribution in [1.82, 2.24) is 9.97 Å². The third kappa shape index (κ3) is 2.91. The van der Waals surface area contributed by atoms with E-state index in [-0.39, 0.29) is 5.71 Å². The Morgan fingerprint density at radius 2 is 2.00 bits per heavy atom. The van der Waals surface area contributed by atoms with Crippen molar-refractivity contribution in [1.29, 1.82) is 10.5 Å². The molecule has 1 saturated carbocycles.